The van der Waals surface area contributed by atoms with Crippen LogP contribution in [0.2, 0.25) is 0 Å². The van der Waals surface area contributed by atoms with Crippen molar-refractivity contribution in [2.24, 2.45) is 0 Å². The molecule has 0 N–H and O–H groups in total. The molecule has 0 aromatic carbocycles. The first kappa shape index (κ1) is 11.5. The summed E-state index contributed by atoms with van der Waals surface area (Å²) in [6, 6.07) is 0. The average molecular weight is 141 g/mol. The molecule has 0 aliphatic heterocycles. The van der Waals surface area contributed by atoms with Crippen LogP contribution >= 0.6 is 0 Å². The number of amides is 1. The molecule has 6 heteroatoms. The SMILES string of the molecule is O=CCC(=O)[N+](=O)[O-].[NaH]. The van der Waals surface area contributed by atoms with Crippen molar-refractivity contribution in [3.8, 4) is 0 Å². The van der Waals surface area contributed by atoms with Gasteiger partial charge in [-0.15, -0.1) is 0 Å². The fourth-order valence-corrected chi connectivity index (χ4v) is 0.146. The van der Waals surface area contributed by atoms with Crippen molar-refractivity contribution in [1.82, 2.24) is 0 Å². The molecule has 9 heavy (non-hydrogen) atoms. The molecule has 0 aromatic rings. The molecule has 0 radical (unpaired) electrons. The van der Waals surface area contributed by atoms with Crippen LogP contribution in [0, 0.1) is 10.1 Å². The van der Waals surface area contributed by atoms with Crippen molar-refractivity contribution in [3.63, 3.8) is 0 Å². The summed E-state index contributed by atoms with van der Waals surface area (Å²) >= 11 is 0. The number of hydrogen-bond donors (Lipinski definition) is 0. The van der Waals surface area contributed by atoms with E-state index in [1.54, 1.807) is 0 Å². The zero-order valence-corrected chi connectivity index (χ0v) is 3.86. The molecule has 0 bridgehead atoms. The van der Waals surface area contributed by atoms with Crippen LogP contribution in [0.25, 0.3) is 0 Å². The fraction of sp³-hybridized carbons (Fsp3) is 0.333. The maximum absolute atomic E-state index is 9.81. The predicted molar refractivity (Wildman–Crippen MR) is 29.8 cm³/mol. The quantitative estimate of drug-likeness (QED) is 0.158. The number of carbonyl (C=O) groups is 2. The van der Waals surface area contributed by atoms with E-state index >= 15 is 0 Å². The summed E-state index contributed by atoms with van der Waals surface area (Å²) in [7, 11) is 0. The second kappa shape index (κ2) is 5.87. The third-order valence-corrected chi connectivity index (χ3v) is 0.462. The van der Waals surface area contributed by atoms with Crippen LogP contribution in [0.3, 0.4) is 0 Å². The molecular formula is C3H4NNaO4. The molecular weight excluding hydrogens is 137 g/mol. The van der Waals surface area contributed by atoms with Crippen LogP contribution in [0.5, 0.6) is 0 Å². The number of hydrogen-bond acceptors (Lipinski definition) is 4. The maximum atomic E-state index is 9.81. The molecule has 0 aliphatic carbocycles. The van der Waals surface area contributed by atoms with Gasteiger partial charge >= 0.3 is 35.5 Å². The van der Waals surface area contributed by atoms with Gasteiger partial charge in [-0.05, 0) is 0 Å². The van der Waals surface area contributed by atoms with Crippen LogP contribution in [0.4, 0.5) is 0 Å². The Kier molecular flexibility index (Phi) is 7.52. The molecule has 0 spiro atoms. The van der Waals surface area contributed by atoms with Crippen LogP contribution in [-0.2, 0) is 9.59 Å². The zero-order valence-electron chi connectivity index (χ0n) is 3.86. The summed E-state index contributed by atoms with van der Waals surface area (Å²) in [5.74, 6) is -1.26. The van der Waals surface area contributed by atoms with Gasteiger partial charge in [-0.25, -0.2) is 4.79 Å². The third-order valence-electron chi connectivity index (χ3n) is 0.462. The van der Waals surface area contributed by atoms with Gasteiger partial charge < -0.3 is 4.79 Å². The topological polar surface area (TPSA) is 77.3 Å². The van der Waals surface area contributed by atoms with Crippen molar-refractivity contribution in [2.75, 3.05) is 0 Å². The molecule has 0 aliphatic rings. The molecule has 0 unspecified atom stereocenters. The van der Waals surface area contributed by atoms with Gasteiger partial charge in [0.05, 0.1) is 0 Å². The number of carbonyl (C=O) groups excluding carboxylic acids is 2. The first-order chi connectivity index (χ1) is 3.68. The number of aldehydes is 1. The Hall–Kier alpha value is -0.260. The summed E-state index contributed by atoms with van der Waals surface area (Å²) < 4.78 is 0. The average Bonchev–Trinajstić information content (AvgIpc) is 1.67. The second-order valence-electron chi connectivity index (χ2n) is 1.02. The Morgan fingerprint density at radius 2 is 2.11 bits per heavy atom. The molecule has 0 fully saturated rings. The third kappa shape index (κ3) is 5.61. The van der Waals surface area contributed by atoms with E-state index in [0.29, 0.717) is 0 Å². The van der Waals surface area contributed by atoms with Gasteiger partial charge in [0.25, 0.3) is 0 Å². The second-order valence-corrected chi connectivity index (χ2v) is 1.02. The Balaban J connectivity index is 0. The van der Waals surface area contributed by atoms with E-state index in [2.05, 4.69) is 0 Å². The molecule has 1 amide bonds. The number of nitrogens with zero attached hydrogens (tertiary/aromatic N) is 1. The van der Waals surface area contributed by atoms with Crippen LogP contribution in [0.1, 0.15) is 6.42 Å². The molecule has 0 rings (SSSR count). The zero-order chi connectivity index (χ0) is 6.57. The summed E-state index contributed by atoms with van der Waals surface area (Å²) in [5.41, 5.74) is 0. The van der Waals surface area contributed by atoms with E-state index < -0.39 is 17.3 Å². The monoisotopic (exact) mass is 141 g/mol. The van der Waals surface area contributed by atoms with Crippen LogP contribution in [0.15, 0.2) is 0 Å². The van der Waals surface area contributed by atoms with Crippen molar-refractivity contribution < 1.29 is 14.5 Å². The fourth-order valence-electron chi connectivity index (χ4n) is 0.146. The molecule has 0 aromatic heterocycles. The number of rotatable bonds is 2. The first-order valence-electron chi connectivity index (χ1n) is 1.79. The standard InChI is InChI=1S/C3H3NO4.Na.H/c5-2-1-3(6)4(7)8;;/h2H,1H2;;. The van der Waals surface area contributed by atoms with E-state index in [-0.39, 0.29) is 35.8 Å². The molecule has 0 saturated heterocycles. The van der Waals surface area contributed by atoms with E-state index in [1.807, 2.05) is 0 Å². The van der Waals surface area contributed by atoms with E-state index in [0.717, 1.165) is 0 Å². The molecule has 0 saturated carbocycles. The Morgan fingerprint density at radius 3 is 2.22 bits per heavy atom. The Morgan fingerprint density at radius 1 is 1.67 bits per heavy atom. The summed E-state index contributed by atoms with van der Waals surface area (Å²) in [6.45, 7) is 0. The molecule has 0 atom stereocenters. The van der Waals surface area contributed by atoms with Gasteiger partial charge in [0.1, 0.15) is 17.6 Å². The summed E-state index contributed by atoms with van der Waals surface area (Å²) in [5, 5.41) is 9.39. The van der Waals surface area contributed by atoms with Crippen LogP contribution in [-0.4, -0.2) is 46.7 Å². The van der Waals surface area contributed by atoms with Gasteiger partial charge in [0.15, 0.2) is 0 Å². The van der Waals surface area contributed by atoms with Crippen LogP contribution < -0.4 is 0 Å². The van der Waals surface area contributed by atoms with Gasteiger partial charge in [0, 0.05) is 0 Å². The minimum absolute atomic E-state index is 0. The number of nitro groups is 1. The van der Waals surface area contributed by atoms with Gasteiger partial charge in [-0.2, -0.15) is 0 Å². The molecule has 5 nitrogen and oxygen atoms in total. The van der Waals surface area contributed by atoms with E-state index in [4.69, 9.17) is 0 Å². The molecule has 46 valence electrons. The van der Waals surface area contributed by atoms with Gasteiger partial charge in [0.2, 0.25) is 0 Å². The first-order valence-corrected chi connectivity index (χ1v) is 1.79. The van der Waals surface area contributed by atoms with Gasteiger partial charge in [-0.1, -0.05) is 0 Å². The normalized spacial score (nSPS) is 7.11. The van der Waals surface area contributed by atoms with Crippen molar-refractivity contribution >= 4 is 41.8 Å². The predicted octanol–water partition coefficient (Wildman–Crippen LogP) is -1.27. The molecule has 0 heterocycles. The van der Waals surface area contributed by atoms with E-state index in [1.165, 1.54) is 0 Å². The summed E-state index contributed by atoms with van der Waals surface area (Å²) in [4.78, 5) is 27.5. The van der Waals surface area contributed by atoms with E-state index in [9.17, 15) is 19.7 Å². The Bertz CT molecular complexity index is 134. The summed E-state index contributed by atoms with van der Waals surface area (Å²) in [6.07, 6.45) is -0.432. The van der Waals surface area contributed by atoms with Crippen molar-refractivity contribution in [2.45, 2.75) is 6.42 Å². The van der Waals surface area contributed by atoms with Gasteiger partial charge in [-0.3, -0.25) is 10.1 Å². The van der Waals surface area contributed by atoms with Crippen molar-refractivity contribution in [3.05, 3.63) is 10.1 Å². The Labute approximate surface area is 72.9 Å². The minimum atomic E-state index is -1.26. The van der Waals surface area contributed by atoms with Crippen molar-refractivity contribution in [1.29, 1.82) is 0 Å².